The molecule has 2 amide bonds. The van der Waals surface area contributed by atoms with Crippen molar-refractivity contribution in [1.82, 2.24) is 15.1 Å². The number of nitrogens with one attached hydrogen (secondary N) is 2. The first-order chi connectivity index (χ1) is 18.8. The second-order valence-corrected chi connectivity index (χ2v) is 11.7. The van der Waals surface area contributed by atoms with Crippen LogP contribution in [0.5, 0.6) is 0 Å². The van der Waals surface area contributed by atoms with E-state index in [9.17, 15) is 14.4 Å². The van der Waals surface area contributed by atoms with Gasteiger partial charge in [0.2, 0.25) is 11.8 Å². The monoisotopic (exact) mass is 531 g/mol. The summed E-state index contributed by atoms with van der Waals surface area (Å²) in [6, 6.07) is 5.28. The predicted octanol–water partition coefficient (Wildman–Crippen LogP) is 4.32. The number of allylic oxidation sites excluding steroid dienone is 3. The zero-order valence-electron chi connectivity index (χ0n) is 23.2. The molecular formula is C31H41N5O3. The maximum Gasteiger partial charge on any atom is 0.225 e. The third kappa shape index (κ3) is 7.11. The highest BCUT2D eigenvalue weighted by molar-refractivity contribution is 6.23. The van der Waals surface area contributed by atoms with Crippen LogP contribution in [0.25, 0.3) is 0 Å². The summed E-state index contributed by atoms with van der Waals surface area (Å²) in [7, 11) is 0. The van der Waals surface area contributed by atoms with Gasteiger partial charge in [-0.25, -0.2) is 0 Å². The van der Waals surface area contributed by atoms with Crippen molar-refractivity contribution in [1.29, 1.82) is 0 Å². The fourth-order valence-corrected chi connectivity index (χ4v) is 5.75. The van der Waals surface area contributed by atoms with Crippen molar-refractivity contribution in [2.24, 2.45) is 22.7 Å². The largest absolute Gasteiger partial charge is 0.326 e. The minimum Gasteiger partial charge on any atom is -0.326 e. The Bertz CT molecular complexity index is 1190. The second-order valence-electron chi connectivity index (χ2n) is 11.7. The molecule has 0 aromatic heterocycles. The Balaban J connectivity index is 1.14. The molecule has 2 saturated heterocycles. The summed E-state index contributed by atoms with van der Waals surface area (Å²) in [5, 5.41) is 5.93. The molecule has 39 heavy (non-hydrogen) atoms. The average molecular weight is 532 g/mol. The van der Waals surface area contributed by atoms with Gasteiger partial charge in [-0.2, -0.15) is 0 Å². The van der Waals surface area contributed by atoms with E-state index in [1.807, 2.05) is 0 Å². The number of nitrogens with zero attached hydrogens (tertiary/aromatic N) is 3. The van der Waals surface area contributed by atoms with Crippen LogP contribution in [0.2, 0.25) is 0 Å². The number of ketones is 1. The van der Waals surface area contributed by atoms with Crippen molar-refractivity contribution in [3.8, 4) is 0 Å². The molecule has 1 unspecified atom stereocenters. The molecule has 0 saturated carbocycles. The SMILES string of the molecule is CC1CCN(CCC(=O)NC2=CC3C(=O)c4ccc(NC(=O)CCN5CCC(C)CC5)cc4N=C3C=C2)CC1. The molecule has 2 fully saturated rings. The number of hydrogen-bond donors (Lipinski definition) is 2. The number of piperidine rings is 2. The maximum atomic E-state index is 13.3. The van der Waals surface area contributed by atoms with Crippen molar-refractivity contribution in [2.45, 2.75) is 52.4 Å². The van der Waals surface area contributed by atoms with Gasteiger partial charge in [0, 0.05) is 42.9 Å². The molecule has 3 heterocycles. The molecule has 3 aliphatic heterocycles. The number of Topliss-reactive ketones (excluding diaryl/α,β-unsaturated/α-hetero) is 1. The van der Waals surface area contributed by atoms with Crippen LogP contribution in [0, 0.1) is 17.8 Å². The molecule has 1 aromatic rings. The Morgan fingerprint density at radius 2 is 1.46 bits per heavy atom. The van der Waals surface area contributed by atoms with Crippen LogP contribution in [0.15, 0.2) is 47.1 Å². The summed E-state index contributed by atoms with van der Waals surface area (Å²) in [6.07, 6.45) is 11.0. The van der Waals surface area contributed by atoms with Crippen LogP contribution >= 0.6 is 0 Å². The number of amides is 2. The molecule has 0 bridgehead atoms. The fraction of sp³-hybridized carbons (Fsp3) is 0.548. The van der Waals surface area contributed by atoms with Gasteiger partial charge in [0.25, 0.3) is 0 Å². The molecule has 1 atom stereocenters. The van der Waals surface area contributed by atoms with Crippen molar-refractivity contribution in [2.75, 3.05) is 44.6 Å². The number of carbonyl (C=O) groups is 3. The topological polar surface area (TPSA) is 94.1 Å². The first kappa shape index (κ1) is 27.5. The zero-order valence-corrected chi connectivity index (χ0v) is 23.2. The minimum atomic E-state index is -0.519. The molecule has 1 aromatic carbocycles. The zero-order chi connectivity index (χ0) is 27.4. The number of likely N-dealkylation sites (tertiary alicyclic amines) is 2. The highest BCUT2D eigenvalue weighted by atomic mass is 16.2. The number of hydrogen-bond acceptors (Lipinski definition) is 6. The van der Waals surface area contributed by atoms with E-state index in [4.69, 9.17) is 4.99 Å². The third-order valence-electron chi connectivity index (χ3n) is 8.52. The van der Waals surface area contributed by atoms with Crippen LogP contribution in [0.1, 0.15) is 62.7 Å². The van der Waals surface area contributed by atoms with Gasteiger partial charge in [-0.05, 0) is 100 Å². The highest BCUT2D eigenvalue weighted by Gasteiger charge is 2.31. The van der Waals surface area contributed by atoms with E-state index >= 15 is 0 Å². The molecule has 8 nitrogen and oxygen atoms in total. The standard InChI is InChI=1S/C31H41N5O3/c1-21-7-13-35(14-8-21)17-11-29(37)32-23-4-6-27-26(19-23)31(39)25-5-3-24(20-28(25)34-27)33-30(38)12-18-36-15-9-22(2)10-16-36/h3-6,19-22,26H,7-18H2,1-2H3,(H,32,37)(H,33,38). The molecule has 1 aliphatic carbocycles. The van der Waals surface area contributed by atoms with Gasteiger partial charge in [-0.1, -0.05) is 13.8 Å². The van der Waals surface area contributed by atoms with Crippen LogP contribution in [-0.4, -0.2) is 72.4 Å². The average Bonchev–Trinajstić information content (AvgIpc) is 2.93. The van der Waals surface area contributed by atoms with Crippen molar-refractivity contribution in [3.05, 3.63) is 47.7 Å². The molecule has 0 spiro atoms. The van der Waals surface area contributed by atoms with Crippen LogP contribution in [-0.2, 0) is 9.59 Å². The summed E-state index contributed by atoms with van der Waals surface area (Å²) in [4.78, 5) is 47.8. The van der Waals surface area contributed by atoms with E-state index in [1.54, 1.807) is 36.4 Å². The van der Waals surface area contributed by atoms with Gasteiger partial charge >= 0.3 is 0 Å². The van der Waals surface area contributed by atoms with E-state index in [1.165, 1.54) is 25.7 Å². The lowest BCUT2D eigenvalue weighted by Crippen LogP contribution is -2.36. The summed E-state index contributed by atoms with van der Waals surface area (Å²) in [5.41, 5.74) is 3.03. The fourth-order valence-electron chi connectivity index (χ4n) is 5.75. The lowest BCUT2D eigenvalue weighted by Gasteiger charge is -2.30. The first-order valence-corrected chi connectivity index (χ1v) is 14.5. The third-order valence-corrected chi connectivity index (χ3v) is 8.52. The Morgan fingerprint density at radius 3 is 2.08 bits per heavy atom. The number of anilines is 1. The lowest BCUT2D eigenvalue weighted by atomic mass is 9.85. The molecule has 2 N–H and O–H groups in total. The van der Waals surface area contributed by atoms with Crippen molar-refractivity contribution >= 4 is 34.7 Å². The second kappa shape index (κ2) is 12.4. The van der Waals surface area contributed by atoms with Crippen molar-refractivity contribution < 1.29 is 14.4 Å². The normalized spacial score (nSPS) is 22.5. The summed E-state index contributed by atoms with van der Waals surface area (Å²) >= 11 is 0. The van der Waals surface area contributed by atoms with Gasteiger partial charge in [0.15, 0.2) is 5.78 Å². The molecule has 4 aliphatic rings. The molecule has 208 valence electrons. The van der Waals surface area contributed by atoms with Gasteiger partial charge in [-0.15, -0.1) is 0 Å². The Kier molecular flexibility index (Phi) is 8.72. The van der Waals surface area contributed by atoms with E-state index in [-0.39, 0.29) is 17.6 Å². The summed E-state index contributed by atoms with van der Waals surface area (Å²) < 4.78 is 0. The van der Waals surface area contributed by atoms with E-state index < -0.39 is 5.92 Å². The van der Waals surface area contributed by atoms with Crippen LogP contribution in [0.3, 0.4) is 0 Å². The Morgan fingerprint density at radius 1 is 0.872 bits per heavy atom. The van der Waals surface area contributed by atoms with Gasteiger partial charge in [0.1, 0.15) is 0 Å². The van der Waals surface area contributed by atoms with E-state index in [0.717, 1.165) is 51.1 Å². The highest BCUT2D eigenvalue weighted by Crippen LogP contribution is 2.34. The molecule has 5 rings (SSSR count). The summed E-state index contributed by atoms with van der Waals surface area (Å²) in [6.45, 7) is 10.3. The Labute approximate surface area is 231 Å². The number of fused-ring (bicyclic) bond motifs is 2. The number of aliphatic imine (C=N–C) groups is 1. The van der Waals surface area contributed by atoms with Crippen LogP contribution in [0.4, 0.5) is 11.4 Å². The molecular weight excluding hydrogens is 490 g/mol. The van der Waals surface area contributed by atoms with Crippen molar-refractivity contribution in [3.63, 3.8) is 0 Å². The van der Waals surface area contributed by atoms with E-state index in [2.05, 4.69) is 34.3 Å². The first-order valence-electron chi connectivity index (χ1n) is 14.5. The minimum absolute atomic E-state index is 0.0306. The smallest absolute Gasteiger partial charge is 0.225 e. The lowest BCUT2D eigenvalue weighted by molar-refractivity contribution is -0.120. The van der Waals surface area contributed by atoms with Gasteiger partial charge in [-0.3, -0.25) is 19.4 Å². The quantitative estimate of drug-likeness (QED) is 0.521. The molecule has 0 radical (unpaired) electrons. The summed E-state index contributed by atoms with van der Waals surface area (Å²) in [5.74, 6) is 0.902. The number of rotatable bonds is 8. The number of carbonyl (C=O) groups excluding carboxylic acids is 3. The van der Waals surface area contributed by atoms with Gasteiger partial charge < -0.3 is 20.4 Å². The van der Waals surface area contributed by atoms with E-state index in [0.29, 0.717) is 41.2 Å². The predicted molar refractivity (Wildman–Crippen MR) is 154 cm³/mol. The van der Waals surface area contributed by atoms with Crippen LogP contribution < -0.4 is 10.6 Å². The number of benzene rings is 1. The molecule has 8 heteroatoms. The maximum absolute atomic E-state index is 13.3. The Hall–Kier alpha value is -3.10. The van der Waals surface area contributed by atoms with Gasteiger partial charge in [0.05, 0.1) is 17.3 Å².